The van der Waals surface area contributed by atoms with Crippen molar-refractivity contribution in [1.29, 1.82) is 0 Å². The van der Waals surface area contributed by atoms with E-state index >= 15 is 0 Å². The quantitative estimate of drug-likeness (QED) is 0.383. The largest absolute Gasteiger partial charge is 0.375 e. The second kappa shape index (κ2) is 10.1. The lowest BCUT2D eigenvalue weighted by molar-refractivity contribution is -0.0523. The van der Waals surface area contributed by atoms with Gasteiger partial charge in [-0.15, -0.1) is 0 Å². The number of allylic oxidation sites excluding steroid dienone is 2. The Labute approximate surface area is 116 Å². The number of rotatable bonds is 10. The van der Waals surface area contributed by atoms with Crippen LogP contribution in [-0.4, -0.2) is 17.5 Å². The maximum absolute atomic E-state index is 5.96. The van der Waals surface area contributed by atoms with E-state index in [-0.39, 0.29) is 5.60 Å². The highest BCUT2D eigenvalue weighted by Crippen LogP contribution is 2.27. The summed E-state index contributed by atoms with van der Waals surface area (Å²) in [5, 5.41) is 1.07. The summed E-state index contributed by atoms with van der Waals surface area (Å²) < 4.78 is 5.96. The van der Waals surface area contributed by atoms with Gasteiger partial charge < -0.3 is 4.74 Å². The molecule has 102 valence electrons. The molecule has 0 heterocycles. The first-order valence-electron chi connectivity index (χ1n) is 6.99. The summed E-state index contributed by atoms with van der Waals surface area (Å²) in [6.45, 7) is 9.66. The Balaban J connectivity index is 4.05. The van der Waals surface area contributed by atoms with Gasteiger partial charge in [0.1, 0.15) is 0 Å². The van der Waals surface area contributed by atoms with Crippen LogP contribution in [0.25, 0.3) is 0 Å². The molecule has 0 saturated heterocycles. The van der Waals surface area contributed by atoms with Crippen molar-refractivity contribution < 1.29 is 4.74 Å². The summed E-state index contributed by atoms with van der Waals surface area (Å²) >= 11 is 3.46. The zero-order chi connectivity index (χ0) is 13.1. The molecule has 0 bridgehead atoms. The van der Waals surface area contributed by atoms with Gasteiger partial charge in [0.05, 0.1) is 5.60 Å². The molecule has 0 aromatic carbocycles. The third-order valence-corrected chi connectivity index (χ3v) is 4.00. The van der Waals surface area contributed by atoms with Crippen molar-refractivity contribution >= 4 is 15.9 Å². The van der Waals surface area contributed by atoms with E-state index in [0.717, 1.165) is 31.2 Å². The van der Waals surface area contributed by atoms with Crippen molar-refractivity contribution in [3.8, 4) is 0 Å². The smallest absolute Gasteiger partial charge is 0.0677 e. The molecule has 0 saturated carbocycles. The Morgan fingerprint density at radius 3 is 2.35 bits per heavy atom. The number of ether oxygens (including phenoxy) is 1. The fourth-order valence-electron chi connectivity index (χ4n) is 2.28. The zero-order valence-electron chi connectivity index (χ0n) is 12.0. The molecule has 0 unspecified atom stereocenters. The highest BCUT2D eigenvalue weighted by atomic mass is 79.9. The average Bonchev–Trinajstić information content (AvgIpc) is 2.35. The lowest BCUT2D eigenvalue weighted by Crippen LogP contribution is -2.31. The van der Waals surface area contributed by atoms with E-state index in [1.807, 2.05) is 0 Å². The molecule has 0 fully saturated rings. The van der Waals surface area contributed by atoms with Gasteiger partial charge in [-0.05, 0) is 52.4 Å². The van der Waals surface area contributed by atoms with Gasteiger partial charge in [0.15, 0.2) is 0 Å². The van der Waals surface area contributed by atoms with Crippen molar-refractivity contribution in [1.82, 2.24) is 0 Å². The third kappa shape index (κ3) is 7.25. The van der Waals surface area contributed by atoms with E-state index in [1.165, 1.54) is 24.8 Å². The van der Waals surface area contributed by atoms with Crippen LogP contribution < -0.4 is 0 Å². The van der Waals surface area contributed by atoms with Gasteiger partial charge in [0, 0.05) is 11.9 Å². The highest BCUT2D eigenvalue weighted by molar-refractivity contribution is 9.09. The number of alkyl halides is 1. The fourth-order valence-corrected chi connectivity index (χ4v) is 2.51. The van der Waals surface area contributed by atoms with Crippen LogP contribution in [0.3, 0.4) is 0 Å². The van der Waals surface area contributed by atoms with Gasteiger partial charge in [0.25, 0.3) is 0 Å². The Hall–Kier alpha value is 0.180. The minimum absolute atomic E-state index is 0.129. The molecule has 17 heavy (non-hydrogen) atoms. The Kier molecular flexibility index (Phi) is 10.2. The summed E-state index contributed by atoms with van der Waals surface area (Å²) in [5.41, 5.74) is 1.65. The normalized spacial score (nSPS) is 13.1. The van der Waals surface area contributed by atoms with E-state index in [1.54, 1.807) is 0 Å². The molecule has 0 aromatic rings. The van der Waals surface area contributed by atoms with E-state index in [2.05, 4.69) is 49.7 Å². The van der Waals surface area contributed by atoms with E-state index < -0.39 is 0 Å². The van der Waals surface area contributed by atoms with Crippen LogP contribution in [0.4, 0.5) is 0 Å². The molecule has 0 aliphatic heterocycles. The predicted octanol–water partition coefficient (Wildman–Crippen LogP) is 5.48. The van der Waals surface area contributed by atoms with Crippen molar-refractivity contribution in [2.24, 2.45) is 0 Å². The predicted molar refractivity (Wildman–Crippen MR) is 81.0 cm³/mol. The molecule has 0 radical (unpaired) electrons. The minimum atomic E-state index is 0.129. The molecule has 0 N–H and O–H groups in total. The Morgan fingerprint density at radius 2 is 1.88 bits per heavy atom. The van der Waals surface area contributed by atoms with Crippen LogP contribution in [0, 0.1) is 0 Å². The van der Waals surface area contributed by atoms with Gasteiger partial charge in [-0.3, -0.25) is 0 Å². The molecule has 0 aliphatic carbocycles. The molecule has 0 rings (SSSR count). The second-order valence-corrected chi connectivity index (χ2v) is 5.50. The summed E-state index contributed by atoms with van der Waals surface area (Å²) in [4.78, 5) is 0. The van der Waals surface area contributed by atoms with Crippen molar-refractivity contribution in [2.45, 2.75) is 71.8 Å². The molecule has 0 aliphatic rings. The Bertz CT molecular complexity index is 207. The van der Waals surface area contributed by atoms with Gasteiger partial charge in [-0.25, -0.2) is 0 Å². The van der Waals surface area contributed by atoms with Gasteiger partial charge in [-0.2, -0.15) is 0 Å². The standard InChI is InChI=1S/C15H29BrO/c1-5-15(6-2,17-7-3)12-8-10-14(4)11-9-13-16/h11H,5-10,12-13H2,1-4H3. The fraction of sp³-hybridized carbons (Fsp3) is 0.867. The molecule has 0 aromatic heterocycles. The van der Waals surface area contributed by atoms with Crippen LogP contribution in [0.5, 0.6) is 0 Å². The molecule has 1 nitrogen and oxygen atoms in total. The van der Waals surface area contributed by atoms with E-state index in [0.29, 0.717) is 0 Å². The van der Waals surface area contributed by atoms with Gasteiger partial charge >= 0.3 is 0 Å². The lowest BCUT2D eigenvalue weighted by atomic mass is 9.90. The number of halogens is 1. The van der Waals surface area contributed by atoms with Crippen LogP contribution in [0.2, 0.25) is 0 Å². The van der Waals surface area contributed by atoms with Crippen molar-refractivity contribution in [3.63, 3.8) is 0 Å². The number of hydrogen-bond acceptors (Lipinski definition) is 1. The highest BCUT2D eigenvalue weighted by Gasteiger charge is 2.25. The minimum Gasteiger partial charge on any atom is -0.375 e. The summed E-state index contributed by atoms with van der Waals surface area (Å²) in [7, 11) is 0. The van der Waals surface area contributed by atoms with Crippen LogP contribution in [-0.2, 0) is 4.74 Å². The summed E-state index contributed by atoms with van der Waals surface area (Å²) in [6, 6.07) is 0. The topological polar surface area (TPSA) is 9.23 Å². The molecule has 0 atom stereocenters. The maximum Gasteiger partial charge on any atom is 0.0677 e. The Morgan fingerprint density at radius 1 is 1.24 bits per heavy atom. The third-order valence-electron chi connectivity index (χ3n) is 3.54. The molecular weight excluding hydrogens is 276 g/mol. The number of hydrogen-bond donors (Lipinski definition) is 0. The van der Waals surface area contributed by atoms with Crippen LogP contribution in [0.1, 0.15) is 66.2 Å². The molecule has 2 heteroatoms. The average molecular weight is 305 g/mol. The molecular formula is C15H29BrO. The lowest BCUT2D eigenvalue weighted by Gasteiger charge is -2.31. The zero-order valence-corrected chi connectivity index (χ0v) is 13.6. The first-order valence-corrected chi connectivity index (χ1v) is 8.11. The molecule has 0 spiro atoms. The SMILES string of the molecule is CCOC(CC)(CC)CCCC(C)=CCCBr. The molecule has 0 amide bonds. The van der Waals surface area contributed by atoms with E-state index in [4.69, 9.17) is 4.74 Å². The maximum atomic E-state index is 5.96. The van der Waals surface area contributed by atoms with Crippen molar-refractivity contribution in [3.05, 3.63) is 11.6 Å². The summed E-state index contributed by atoms with van der Waals surface area (Å²) in [5.74, 6) is 0. The van der Waals surface area contributed by atoms with Gasteiger partial charge in [0.2, 0.25) is 0 Å². The first-order chi connectivity index (χ1) is 8.14. The second-order valence-electron chi connectivity index (χ2n) is 4.70. The monoisotopic (exact) mass is 304 g/mol. The summed E-state index contributed by atoms with van der Waals surface area (Å²) in [6.07, 6.45) is 9.38. The van der Waals surface area contributed by atoms with Crippen LogP contribution in [0.15, 0.2) is 11.6 Å². The van der Waals surface area contributed by atoms with Crippen LogP contribution >= 0.6 is 15.9 Å². The van der Waals surface area contributed by atoms with E-state index in [9.17, 15) is 0 Å². The van der Waals surface area contributed by atoms with Crippen molar-refractivity contribution in [2.75, 3.05) is 11.9 Å². The first kappa shape index (κ1) is 17.2. The van der Waals surface area contributed by atoms with Gasteiger partial charge in [-0.1, -0.05) is 41.4 Å².